The van der Waals surface area contributed by atoms with Gasteiger partial charge in [-0.05, 0) is 43.4 Å². The van der Waals surface area contributed by atoms with Crippen LogP contribution in [-0.4, -0.2) is 18.5 Å². The molecule has 1 saturated carbocycles. The Balaban J connectivity index is 0.00000264. The maximum atomic E-state index is 8.82. The molecule has 1 aromatic rings. The molecule has 23 heavy (non-hydrogen) atoms. The predicted octanol–water partition coefficient (Wildman–Crippen LogP) is 3.81. The lowest BCUT2D eigenvalue weighted by atomic mass is 9.87. The summed E-state index contributed by atoms with van der Waals surface area (Å²) < 4.78 is 0. The second-order valence-corrected chi connectivity index (χ2v) is 6.12. The SMILES string of the molecule is CCNC(=NCc1ccc(C#N)cc1)NC1CCCC(C)C1.I. The van der Waals surface area contributed by atoms with Gasteiger partial charge >= 0.3 is 0 Å². The Kier molecular flexibility index (Phi) is 9.00. The fourth-order valence-corrected chi connectivity index (χ4v) is 2.93. The van der Waals surface area contributed by atoms with Gasteiger partial charge in [0.1, 0.15) is 0 Å². The molecule has 0 spiro atoms. The molecule has 0 heterocycles. The number of nitrogens with zero attached hydrogens (tertiary/aromatic N) is 2. The average molecular weight is 426 g/mol. The monoisotopic (exact) mass is 426 g/mol. The molecule has 0 radical (unpaired) electrons. The lowest BCUT2D eigenvalue weighted by Crippen LogP contribution is -2.45. The van der Waals surface area contributed by atoms with E-state index < -0.39 is 0 Å². The summed E-state index contributed by atoms with van der Waals surface area (Å²) in [6.07, 6.45) is 5.10. The molecule has 2 atom stereocenters. The molecular weight excluding hydrogens is 399 g/mol. The van der Waals surface area contributed by atoms with Crippen LogP contribution in [0.25, 0.3) is 0 Å². The quantitative estimate of drug-likeness (QED) is 0.437. The van der Waals surface area contributed by atoms with Gasteiger partial charge in [-0.15, -0.1) is 24.0 Å². The van der Waals surface area contributed by atoms with Gasteiger partial charge in [-0.1, -0.05) is 31.9 Å². The summed E-state index contributed by atoms with van der Waals surface area (Å²) in [7, 11) is 0. The summed E-state index contributed by atoms with van der Waals surface area (Å²) in [5.74, 6) is 1.69. The summed E-state index contributed by atoms with van der Waals surface area (Å²) >= 11 is 0. The topological polar surface area (TPSA) is 60.2 Å². The van der Waals surface area contributed by atoms with Crippen molar-refractivity contribution in [2.24, 2.45) is 10.9 Å². The second kappa shape index (κ2) is 10.5. The third-order valence-corrected chi connectivity index (χ3v) is 4.12. The summed E-state index contributed by atoms with van der Waals surface area (Å²) in [6.45, 7) is 5.90. The van der Waals surface area contributed by atoms with E-state index in [2.05, 4.69) is 35.5 Å². The van der Waals surface area contributed by atoms with E-state index in [1.165, 1.54) is 25.7 Å². The van der Waals surface area contributed by atoms with Crippen molar-refractivity contribution in [2.75, 3.05) is 6.54 Å². The molecule has 4 nitrogen and oxygen atoms in total. The predicted molar refractivity (Wildman–Crippen MR) is 106 cm³/mol. The van der Waals surface area contributed by atoms with Crippen LogP contribution in [0.1, 0.15) is 50.7 Å². The molecule has 1 fully saturated rings. The zero-order chi connectivity index (χ0) is 15.8. The molecule has 1 aliphatic rings. The Bertz CT molecular complexity index is 533. The van der Waals surface area contributed by atoms with E-state index in [-0.39, 0.29) is 24.0 Å². The van der Waals surface area contributed by atoms with Gasteiger partial charge in [0.25, 0.3) is 0 Å². The van der Waals surface area contributed by atoms with E-state index in [1.54, 1.807) is 0 Å². The van der Waals surface area contributed by atoms with Gasteiger partial charge in [0.05, 0.1) is 18.2 Å². The molecule has 2 rings (SSSR count). The van der Waals surface area contributed by atoms with Gasteiger partial charge in [-0.25, -0.2) is 4.99 Å². The smallest absolute Gasteiger partial charge is 0.191 e. The fraction of sp³-hybridized carbons (Fsp3) is 0.556. The summed E-state index contributed by atoms with van der Waals surface area (Å²) in [5, 5.41) is 15.7. The molecular formula is C18H27IN4. The maximum absolute atomic E-state index is 8.82. The Morgan fingerprint density at radius 3 is 2.65 bits per heavy atom. The molecule has 126 valence electrons. The Morgan fingerprint density at radius 2 is 2.04 bits per heavy atom. The van der Waals surface area contributed by atoms with Gasteiger partial charge < -0.3 is 10.6 Å². The van der Waals surface area contributed by atoms with Crippen molar-refractivity contribution < 1.29 is 0 Å². The van der Waals surface area contributed by atoms with Crippen LogP contribution in [0.15, 0.2) is 29.3 Å². The molecule has 0 aliphatic heterocycles. The van der Waals surface area contributed by atoms with Crippen LogP contribution in [0.4, 0.5) is 0 Å². The Hall–Kier alpha value is -1.29. The highest BCUT2D eigenvalue weighted by Crippen LogP contribution is 2.23. The number of hydrogen-bond donors (Lipinski definition) is 2. The second-order valence-electron chi connectivity index (χ2n) is 6.12. The fourth-order valence-electron chi connectivity index (χ4n) is 2.93. The van der Waals surface area contributed by atoms with Crippen LogP contribution in [-0.2, 0) is 6.54 Å². The minimum absolute atomic E-state index is 0. The van der Waals surface area contributed by atoms with Crippen LogP contribution in [0.5, 0.6) is 0 Å². The zero-order valence-electron chi connectivity index (χ0n) is 14.0. The lowest BCUT2D eigenvalue weighted by molar-refractivity contribution is 0.324. The van der Waals surface area contributed by atoms with E-state index in [9.17, 15) is 0 Å². The largest absolute Gasteiger partial charge is 0.357 e. The van der Waals surface area contributed by atoms with E-state index in [1.807, 2.05) is 24.3 Å². The van der Waals surface area contributed by atoms with E-state index in [4.69, 9.17) is 5.26 Å². The molecule has 1 aliphatic carbocycles. The van der Waals surface area contributed by atoms with Crippen LogP contribution in [0.3, 0.4) is 0 Å². The van der Waals surface area contributed by atoms with Gasteiger partial charge in [0.15, 0.2) is 5.96 Å². The Morgan fingerprint density at radius 1 is 1.30 bits per heavy atom. The normalized spacial score (nSPS) is 21.0. The molecule has 0 aromatic heterocycles. The lowest BCUT2D eigenvalue weighted by Gasteiger charge is -2.28. The van der Waals surface area contributed by atoms with Crippen LogP contribution in [0.2, 0.25) is 0 Å². The molecule has 2 N–H and O–H groups in total. The van der Waals surface area contributed by atoms with Gasteiger partial charge in [-0.2, -0.15) is 5.26 Å². The van der Waals surface area contributed by atoms with Crippen molar-refractivity contribution >= 4 is 29.9 Å². The van der Waals surface area contributed by atoms with Crippen LogP contribution < -0.4 is 10.6 Å². The minimum atomic E-state index is 0. The van der Waals surface area contributed by atoms with E-state index >= 15 is 0 Å². The Labute approximate surface area is 156 Å². The number of rotatable bonds is 4. The van der Waals surface area contributed by atoms with Crippen molar-refractivity contribution in [3.63, 3.8) is 0 Å². The van der Waals surface area contributed by atoms with Crippen molar-refractivity contribution in [1.82, 2.24) is 10.6 Å². The molecule has 0 saturated heterocycles. The first kappa shape index (κ1) is 19.8. The maximum Gasteiger partial charge on any atom is 0.191 e. The van der Waals surface area contributed by atoms with E-state index in [0.717, 1.165) is 24.0 Å². The number of benzene rings is 1. The summed E-state index contributed by atoms with van der Waals surface area (Å²) in [5.41, 5.74) is 1.81. The summed E-state index contributed by atoms with van der Waals surface area (Å²) in [6, 6.07) is 10.3. The average Bonchev–Trinajstić information content (AvgIpc) is 2.53. The van der Waals surface area contributed by atoms with Gasteiger partial charge in [0, 0.05) is 12.6 Å². The molecule has 0 bridgehead atoms. The zero-order valence-corrected chi connectivity index (χ0v) is 16.3. The first-order valence-corrected chi connectivity index (χ1v) is 8.25. The van der Waals surface area contributed by atoms with Crippen molar-refractivity contribution in [3.05, 3.63) is 35.4 Å². The summed E-state index contributed by atoms with van der Waals surface area (Å²) in [4.78, 5) is 4.67. The third-order valence-electron chi connectivity index (χ3n) is 4.12. The molecule has 0 amide bonds. The highest BCUT2D eigenvalue weighted by molar-refractivity contribution is 14.0. The number of aliphatic imine (C=N–C) groups is 1. The minimum Gasteiger partial charge on any atom is -0.357 e. The van der Waals surface area contributed by atoms with Crippen LogP contribution in [0, 0.1) is 17.2 Å². The van der Waals surface area contributed by atoms with Crippen molar-refractivity contribution in [3.8, 4) is 6.07 Å². The van der Waals surface area contributed by atoms with E-state index in [0.29, 0.717) is 18.2 Å². The van der Waals surface area contributed by atoms with Gasteiger partial charge in [0.2, 0.25) is 0 Å². The first-order chi connectivity index (χ1) is 10.7. The number of hydrogen-bond acceptors (Lipinski definition) is 2. The van der Waals surface area contributed by atoms with Gasteiger partial charge in [-0.3, -0.25) is 0 Å². The standard InChI is InChI=1S/C18H26N4.HI/c1-3-20-18(22-17-6-4-5-14(2)11-17)21-13-16-9-7-15(12-19)8-10-16;/h7-10,14,17H,3-6,11,13H2,1-2H3,(H2,20,21,22);1H. The third kappa shape index (κ3) is 6.78. The highest BCUT2D eigenvalue weighted by atomic mass is 127. The molecule has 1 aromatic carbocycles. The van der Waals surface area contributed by atoms with Crippen molar-refractivity contribution in [1.29, 1.82) is 5.26 Å². The molecule has 5 heteroatoms. The number of nitriles is 1. The van der Waals surface area contributed by atoms with Crippen LogP contribution >= 0.6 is 24.0 Å². The number of nitrogens with one attached hydrogen (secondary N) is 2. The number of guanidine groups is 1. The number of halogens is 1. The first-order valence-electron chi connectivity index (χ1n) is 8.25. The van der Waals surface area contributed by atoms with Crippen molar-refractivity contribution in [2.45, 2.75) is 52.1 Å². The molecule has 2 unspecified atom stereocenters. The highest BCUT2D eigenvalue weighted by Gasteiger charge is 2.19.